The van der Waals surface area contributed by atoms with Gasteiger partial charge in [-0.25, -0.2) is 0 Å². The molecule has 2 rings (SSSR count). The van der Waals surface area contributed by atoms with E-state index in [1.807, 2.05) is 25.2 Å². The summed E-state index contributed by atoms with van der Waals surface area (Å²) in [5.41, 5.74) is 1.26. The van der Waals surface area contributed by atoms with Gasteiger partial charge in [-0.15, -0.1) is 0 Å². The average Bonchev–Trinajstić information content (AvgIpc) is 2.44. The van der Waals surface area contributed by atoms with E-state index in [-0.39, 0.29) is 5.91 Å². The molecule has 0 bridgehead atoms. The minimum Gasteiger partial charge on any atom is -0.491 e. The SMILES string of the molecule is CN1CCOc2ccccc2CCCCNCC1=O. The number of carbonyl (C=O) groups is 1. The molecule has 104 valence electrons. The highest BCUT2D eigenvalue weighted by atomic mass is 16.5. The first-order valence-corrected chi connectivity index (χ1v) is 6.93. The summed E-state index contributed by atoms with van der Waals surface area (Å²) < 4.78 is 5.81. The van der Waals surface area contributed by atoms with E-state index >= 15 is 0 Å². The molecule has 1 N–H and O–H groups in total. The molecule has 0 fully saturated rings. The van der Waals surface area contributed by atoms with Gasteiger partial charge in [0.25, 0.3) is 0 Å². The van der Waals surface area contributed by atoms with Crippen LogP contribution in [0.3, 0.4) is 0 Å². The van der Waals surface area contributed by atoms with Crippen molar-refractivity contribution >= 4 is 5.91 Å². The second-order valence-electron chi connectivity index (χ2n) is 4.91. The van der Waals surface area contributed by atoms with Crippen molar-refractivity contribution < 1.29 is 9.53 Å². The predicted octanol–water partition coefficient (Wildman–Crippen LogP) is 1.45. The molecular formula is C15H22N2O2. The number of hydrogen-bond acceptors (Lipinski definition) is 3. The highest BCUT2D eigenvalue weighted by molar-refractivity contribution is 5.77. The number of benzene rings is 1. The Balaban J connectivity index is 2.03. The lowest BCUT2D eigenvalue weighted by atomic mass is 10.1. The minimum atomic E-state index is 0.121. The van der Waals surface area contributed by atoms with Crippen LogP contribution in [0.2, 0.25) is 0 Å². The Labute approximate surface area is 114 Å². The van der Waals surface area contributed by atoms with Gasteiger partial charge in [-0.1, -0.05) is 18.2 Å². The first-order valence-electron chi connectivity index (χ1n) is 6.93. The first-order chi connectivity index (χ1) is 9.27. The lowest BCUT2D eigenvalue weighted by Gasteiger charge is -2.18. The van der Waals surface area contributed by atoms with Crippen LogP contribution in [0, 0.1) is 0 Å². The van der Waals surface area contributed by atoms with Crippen LogP contribution in [0.4, 0.5) is 0 Å². The molecule has 0 radical (unpaired) electrons. The Bertz CT molecular complexity index is 420. The maximum Gasteiger partial charge on any atom is 0.236 e. The summed E-state index contributed by atoms with van der Waals surface area (Å²) in [6.07, 6.45) is 3.21. The number of aryl methyl sites for hydroxylation is 1. The molecule has 0 spiro atoms. The zero-order valence-electron chi connectivity index (χ0n) is 11.5. The van der Waals surface area contributed by atoms with Gasteiger partial charge in [-0.2, -0.15) is 0 Å². The van der Waals surface area contributed by atoms with Crippen LogP contribution >= 0.6 is 0 Å². The smallest absolute Gasteiger partial charge is 0.236 e. The van der Waals surface area contributed by atoms with Crippen LogP contribution < -0.4 is 10.1 Å². The monoisotopic (exact) mass is 262 g/mol. The summed E-state index contributed by atoms with van der Waals surface area (Å²) in [6.45, 7) is 2.47. The normalized spacial score (nSPS) is 18.6. The predicted molar refractivity (Wildman–Crippen MR) is 75.4 cm³/mol. The second-order valence-corrected chi connectivity index (χ2v) is 4.91. The van der Waals surface area contributed by atoms with Gasteiger partial charge in [-0.3, -0.25) is 4.79 Å². The van der Waals surface area contributed by atoms with Crippen LogP contribution in [0.25, 0.3) is 0 Å². The third kappa shape index (κ3) is 4.24. The maximum atomic E-state index is 11.8. The molecule has 4 heteroatoms. The average molecular weight is 262 g/mol. The van der Waals surface area contributed by atoms with Crippen molar-refractivity contribution in [3.8, 4) is 5.75 Å². The van der Waals surface area contributed by atoms with E-state index in [4.69, 9.17) is 4.74 Å². The molecule has 0 unspecified atom stereocenters. The van der Waals surface area contributed by atoms with Crippen molar-refractivity contribution in [1.82, 2.24) is 10.2 Å². The van der Waals surface area contributed by atoms with E-state index < -0.39 is 0 Å². The van der Waals surface area contributed by atoms with Crippen molar-refractivity contribution in [2.75, 3.05) is 33.3 Å². The van der Waals surface area contributed by atoms with Gasteiger partial charge in [0.1, 0.15) is 12.4 Å². The third-order valence-corrected chi connectivity index (χ3v) is 3.41. The standard InChI is InChI=1S/C15H22N2O2/c1-17-10-11-19-14-8-3-2-6-13(14)7-4-5-9-16-12-15(17)18/h2-3,6,8,16H,4-5,7,9-12H2,1H3. The van der Waals surface area contributed by atoms with E-state index in [0.717, 1.165) is 31.6 Å². The maximum absolute atomic E-state index is 11.8. The number of hydrogen-bond donors (Lipinski definition) is 1. The lowest BCUT2D eigenvalue weighted by Crippen LogP contribution is -2.37. The summed E-state index contributed by atoms with van der Waals surface area (Å²) in [7, 11) is 1.82. The largest absolute Gasteiger partial charge is 0.491 e. The van der Waals surface area contributed by atoms with Crippen molar-refractivity contribution in [1.29, 1.82) is 0 Å². The molecule has 19 heavy (non-hydrogen) atoms. The molecule has 0 aromatic heterocycles. The van der Waals surface area contributed by atoms with Gasteiger partial charge in [0.05, 0.1) is 13.1 Å². The number of likely N-dealkylation sites (N-methyl/N-ethyl adjacent to an activating group) is 1. The molecule has 1 aliphatic rings. The summed E-state index contributed by atoms with van der Waals surface area (Å²) in [5.74, 6) is 1.08. The van der Waals surface area contributed by atoms with Crippen molar-refractivity contribution in [2.45, 2.75) is 19.3 Å². The summed E-state index contributed by atoms with van der Waals surface area (Å²) in [6, 6.07) is 8.17. The Morgan fingerprint density at radius 2 is 2.11 bits per heavy atom. The fraction of sp³-hybridized carbons (Fsp3) is 0.533. The number of carbonyl (C=O) groups excluding carboxylic acids is 1. The number of rotatable bonds is 0. The van der Waals surface area contributed by atoms with E-state index in [2.05, 4.69) is 11.4 Å². The van der Waals surface area contributed by atoms with Crippen molar-refractivity contribution in [3.63, 3.8) is 0 Å². The Morgan fingerprint density at radius 3 is 3.00 bits per heavy atom. The molecule has 0 saturated carbocycles. The topological polar surface area (TPSA) is 41.6 Å². The fourth-order valence-electron chi connectivity index (χ4n) is 2.16. The molecule has 1 heterocycles. The number of para-hydroxylation sites is 1. The molecule has 1 aromatic carbocycles. The van der Waals surface area contributed by atoms with Crippen LogP contribution in [0.1, 0.15) is 18.4 Å². The minimum absolute atomic E-state index is 0.121. The van der Waals surface area contributed by atoms with Gasteiger partial charge in [-0.05, 0) is 37.4 Å². The Morgan fingerprint density at radius 1 is 1.26 bits per heavy atom. The van der Waals surface area contributed by atoms with Gasteiger partial charge in [0.15, 0.2) is 0 Å². The molecule has 4 nitrogen and oxygen atoms in total. The van der Waals surface area contributed by atoms with Crippen LogP contribution in [-0.4, -0.2) is 44.1 Å². The number of fused-ring (bicyclic) bond motifs is 1. The quantitative estimate of drug-likeness (QED) is 0.769. The third-order valence-electron chi connectivity index (χ3n) is 3.41. The van der Waals surface area contributed by atoms with Crippen LogP contribution in [-0.2, 0) is 11.2 Å². The Kier molecular flexibility index (Phi) is 5.21. The van der Waals surface area contributed by atoms with Crippen molar-refractivity contribution in [3.05, 3.63) is 29.8 Å². The highest BCUT2D eigenvalue weighted by Gasteiger charge is 2.10. The number of nitrogens with one attached hydrogen (secondary N) is 1. The van der Waals surface area contributed by atoms with Crippen molar-refractivity contribution in [2.24, 2.45) is 0 Å². The molecule has 1 amide bonds. The molecule has 0 atom stereocenters. The second kappa shape index (κ2) is 7.14. The summed E-state index contributed by atoms with van der Waals surface area (Å²) in [5, 5.41) is 3.20. The Hall–Kier alpha value is -1.55. The molecule has 0 aliphatic carbocycles. The van der Waals surface area contributed by atoms with E-state index in [1.165, 1.54) is 5.56 Å². The van der Waals surface area contributed by atoms with Gasteiger partial charge in [0.2, 0.25) is 5.91 Å². The summed E-state index contributed by atoms with van der Waals surface area (Å²) in [4.78, 5) is 13.5. The summed E-state index contributed by atoms with van der Waals surface area (Å²) >= 11 is 0. The van der Waals surface area contributed by atoms with E-state index in [0.29, 0.717) is 19.7 Å². The lowest BCUT2D eigenvalue weighted by molar-refractivity contribution is -0.129. The van der Waals surface area contributed by atoms with Gasteiger partial charge < -0.3 is 15.0 Å². The number of nitrogens with zero attached hydrogens (tertiary/aromatic N) is 1. The van der Waals surface area contributed by atoms with E-state index in [1.54, 1.807) is 4.90 Å². The highest BCUT2D eigenvalue weighted by Crippen LogP contribution is 2.20. The fourth-order valence-corrected chi connectivity index (χ4v) is 2.16. The first kappa shape index (κ1) is 13.9. The molecule has 1 aliphatic heterocycles. The van der Waals surface area contributed by atoms with Crippen LogP contribution in [0.15, 0.2) is 24.3 Å². The number of ether oxygens (including phenoxy) is 1. The zero-order valence-corrected chi connectivity index (χ0v) is 11.5. The van der Waals surface area contributed by atoms with Gasteiger partial charge >= 0.3 is 0 Å². The van der Waals surface area contributed by atoms with Gasteiger partial charge in [0, 0.05) is 7.05 Å². The number of amides is 1. The molecule has 1 aromatic rings. The molecular weight excluding hydrogens is 240 g/mol. The zero-order chi connectivity index (χ0) is 13.5. The van der Waals surface area contributed by atoms with Crippen LogP contribution in [0.5, 0.6) is 5.75 Å². The van der Waals surface area contributed by atoms with E-state index in [9.17, 15) is 4.79 Å². The molecule has 0 saturated heterocycles.